The van der Waals surface area contributed by atoms with Gasteiger partial charge in [-0.2, -0.15) is 0 Å². The molecule has 0 spiro atoms. The first-order valence-corrected chi connectivity index (χ1v) is 5.04. The molecule has 0 heterocycles. The van der Waals surface area contributed by atoms with Gasteiger partial charge in [0.15, 0.2) is 0 Å². The van der Waals surface area contributed by atoms with Gasteiger partial charge in [-0.3, -0.25) is 0 Å². The van der Waals surface area contributed by atoms with Crippen molar-refractivity contribution < 1.29 is 4.39 Å². The van der Waals surface area contributed by atoms with Crippen molar-refractivity contribution in [3.63, 3.8) is 0 Å². The molecule has 0 aromatic heterocycles. The molecule has 0 amide bonds. The molecule has 0 bridgehead atoms. The Morgan fingerprint density at radius 3 is 2.83 bits per heavy atom. The molecule has 1 aliphatic carbocycles. The van der Waals surface area contributed by atoms with Crippen LogP contribution in [-0.4, -0.2) is 6.17 Å². The summed E-state index contributed by atoms with van der Waals surface area (Å²) in [6.07, 6.45) is 3.43. The van der Waals surface area contributed by atoms with Gasteiger partial charge < -0.3 is 0 Å². The van der Waals surface area contributed by atoms with Crippen LogP contribution in [0.3, 0.4) is 0 Å². The van der Waals surface area contributed by atoms with E-state index in [0.29, 0.717) is 18.3 Å². The molecule has 3 unspecified atom stereocenters. The summed E-state index contributed by atoms with van der Waals surface area (Å²) in [5.41, 5.74) is 0. The van der Waals surface area contributed by atoms with Crippen molar-refractivity contribution in [2.24, 2.45) is 11.8 Å². The average molecular weight is 191 g/mol. The maximum Gasteiger partial charge on any atom is 0.120 e. The highest BCUT2D eigenvalue weighted by atomic mass is 35.5. The Balaban J connectivity index is 2.62. The molecule has 70 valence electrons. The average Bonchev–Trinajstić information content (AvgIpc) is 2.03. The molecule has 0 fully saturated rings. The molecule has 3 atom stereocenters. The lowest BCUT2D eigenvalue weighted by atomic mass is 9.83. The minimum Gasteiger partial charge on any atom is -0.243 e. The molecule has 0 aromatic rings. The number of allylic oxidation sites excluding steroid dienone is 2. The number of rotatable bonds is 2. The van der Waals surface area contributed by atoms with Gasteiger partial charge in [0.1, 0.15) is 6.17 Å². The van der Waals surface area contributed by atoms with Crippen molar-refractivity contribution in [3.8, 4) is 0 Å². The van der Waals surface area contributed by atoms with Crippen molar-refractivity contribution in [2.75, 3.05) is 0 Å². The normalized spacial score (nSPS) is 32.8. The molecule has 12 heavy (non-hydrogen) atoms. The SMILES string of the molecule is CCC(C)C1CCC(F)C=C1Cl. The summed E-state index contributed by atoms with van der Waals surface area (Å²) in [6.45, 7) is 4.33. The molecule has 2 heteroatoms. The summed E-state index contributed by atoms with van der Waals surface area (Å²) < 4.78 is 12.8. The van der Waals surface area contributed by atoms with Gasteiger partial charge in [0, 0.05) is 5.03 Å². The topological polar surface area (TPSA) is 0 Å². The molecule has 0 nitrogen and oxygen atoms in total. The second kappa shape index (κ2) is 4.27. The fourth-order valence-corrected chi connectivity index (χ4v) is 2.16. The van der Waals surface area contributed by atoms with Crippen molar-refractivity contribution >= 4 is 11.6 Å². The predicted molar refractivity (Wildman–Crippen MR) is 51.0 cm³/mol. The third kappa shape index (κ3) is 2.22. The first kappa shape index (κ1) is 10.0. The maximum absolute atomic E-state index is 12.8. The second-order valence-electron chi connectivity index (χ2n) is 3.64. The third-order valence-electron chi connectivity index (χ3n) is 2.78. The summed E-state index contributed by atoms with van der Waals surface area (Å²) in [4.78, 5) is 0. The number of hydrogen-bond acceptors (Lipinski definition) is 0. The Morgan fingerprint density at radius 1 is 1.67 bits per heavy atom. The van der Waals surface area contributed by atoms with Crippen LogP contribution in [-0.2, 0) is 0 Å². The van der Waals surface area contributed by atoms with Crippen LogP contribution in [0.15, 0.2) is 11.1 Å². The fraction of sp³-hybridized carbons (Fsp3) is 0.800. The van der Waals surface area contributed by atoms with E-state index in [0.717, 1.165) is 17.9 Å². The molecule has 1 rings (SSSR count). The summed E-state index contributed by atoms with van der Waals surface area (Å²) in [6, 6.07) is 0. The zero-order valence-electron chi connectivity index (χ0n) is 7.69. The number of halogens is 2. The molecule has 0 aromatic carbocycles. The minimum absolute atomic E-state index is 0.406. The molecular weight excluding hydrogens is 175 g/mol. The lowest BCUT2D eigenvalue weighted by Gasteiger charge is -2.26. The Labute approximate surface area is 78.8 Å². The van der Waals surface area contributed by atoms with Crippen LogP contribution in [0.5, 0.6) is 0 Å². The highest BCUT2D eigenvalue weighted by molar-refractivity contribution is 6.29. The van der Waals surface area contributed by atoms with E-state index < -0.39 is 6.17 Å². The van der Waals surface area contributed by atoms with E-state index in [1.807, 2.05) is 0 Å². The van der Waals surface area contributed by atoms with Crippen molar-refractivity contribution in [1.82, 2.24) is 0 Å². The first-order valence-electron chi connectivity index (χ1n) is 4.66. The van der Waals surface area contributed by atoms with Crippen LogP contribution in [0, 0.1) is 11.8 Å². The van der Waals surface area contributed by atoms with Crippen molar-refractivity contribution in [2.45, 2.75) is 39.3 Å². The van der Waals surface area contributed by atoms with Crippen LogP contribution < -0.4 is 0 Å². The Bertz CT molecular complexity index is 177. The summed E-state index contributed by atoms with van der Waals surface area (Å²) in [5.74, 6) is 0.991. The molecule has 1 aliphatic rings. The lowest BCUT2D eigenvalue weighted by Crippen LogP contribution is -2.18. The Morgan fingerprint density at radius 2 is 2.33 bits per heavy atom. The molecule has 0 radical (unpaired) electrons. The summed E-state index contributed by atoms with van der Waals surface area (Å²) in [5, 5.41) is 0.739. The summed E-state index contributed by atoms with van der Waals surface area (Å²) >= 11 is 5.97. The quantitative estimate of drug-likeness (QED) is 0.620. The van der Waals surface area contributed by atoms with Gasteiger partial charge >= 0.3 is 0 Å². The largest absolute Gasteiger partial charge is 0.243 e. The van der Waals surface area contributed by atoms with E-state index >= 15 is 0 Å². The van der Waals surface area contributed by atoms with Crippen LogP contribution in [0.25, 0.3) is 0 Å². The number of hydrogen-bond donors (Lipinski definition) is 0. The third-order valence-corrected chi connectivity index (χ3v) is 3.18. The van der Waals surface area contributed by atoms with Gasteiger partial charge in [-0.1, -0.05) is 31.9 Å². The first-order chi connectivity index (χ1) is 5.65. The highest BCUT2D eigenvalue weighted by Crippen LogP contribution is 2.35. The van der Waals surface area contributed by atoms with Crippen LogP contribution >= 0.6 is 11.6 Å². The van der Waals surface area contributed by atoms with Crippen LogP contribution in [0.2, 0.25) is 0 Å². The highest BCUT2D eigenvalue weighted by Gasteiger charge is 2.25. The lowest BCUT2D eigenvalue weighted by molar-refractivity contribution is 0.291. The van der Waals surface area contributed by atoms with E-state index in [1.165, 1.54) is 0 Å². The van der Waals surface area contributed by atoms with E-state index in [-0.39, 0.29) is 0 Å². The van der Waals surface area contributed by atoms with Gasteiger partial charge in [-0.15, -0.1) is 0 Å². The minimum atomic E-state index is -0.808. The van der Waals surface area contributed by atoms with E-state index in [1.54, 1.807) is 6.08 Å². The van der Waals surface area contributed by atoms with E-state index in [2.05, 4.69) is 13.8 Å². The molecule has 0 N–H and O–H groups in total. The van der Waals surface area contributed by atoms with E-state index in [9.17, 15) is 4.39 Å². The Hall–Kier alpha value is -0.0400. The Kier molecular flexibility index (Phi) is 3.57. The molecule has 0 saturated heterocycles. The van der Waals surface area contributed by atoms with Crippen LogP contribution in [0.4, 0.5) is 4.39 Å². The molecular formula is C10H16ClF. The van der Waals surface area contributed by atoms with Gasteiger partial charge in [0.2, 0.25) is 0 Å². The summed E-state index contributed by atoms with van der Waals surface area (Å²) in [7, 11) is 0. The monoisotopic (exact) mass is 190 g/mol. The molecule has 0 aliphatic heterocycles. The van der Waals surface area contributed by atoms with Crippen molar-refractivity contribution in [3.05, 3.63) is 11.1 Å². The standard InChI is InChI=1S/C10H16ClF/c1-3-7(2)9-5-4-8(12)6-10(9)11/h6-9H,3-5H2,1-2H3. The van der Waals surface area contributed by atoms with E-state index in [4.69, 9.17) is 11.6 Å². The zero-order chi connectivity index (χ0) is 9.14. The van der Waals surface area contributed by atoms with Crippen LogP contribution in [0.1, 0.15) is 33.1 Å². The maximum atomic E-state index is 12.8. The van der Waals surface area contributed by atoms with Gasteiger partial charge in [0.25, 0.3) is 0 Å². The smallest absolute Gasteiger partial charge is 0.120 e. The second-order valence-corrected chi connectivity index (χ2v) is 4.07. The zero-order valence-corrected chi connectivity index (χ0v) is 8.44. The fourth-order valence-electron chi connectivity index (χ4n) is 1.70. The predicted octanol–water partition coefficient (Wildman–Crippen LogP) is 3.90. The number of alkyl halides is 1. The van der Waals surface area contributed by atoms with Gasteiger partial charge in [-0.05, 0) is 30.8 Å². The molecule has 0 saturated carbocycles. The van der Waals surface area contributed by atoms with Crippen molar-refractivity contribution in [1.29, 1.82) is 0 Å². The van der Waals surface area contributed by atoms with Gasteiger partial charge in [0.05, 0.1) is 0 Å². The van der Waals surface area contributed by atoms with Gasteiger partial charge in [-0.25, -0.2) is 4.39 Å².